The summed E-state index contributed by atoms with van der Waals surface area (Å²) >= 11 is 1.33. The monoisotopic (exact) mass is 391 g/mol. The zero-order valence-corrected chi connectivity index (χ0v) is 16.8. The van der Waals surface area contributed by atoms with E-state index in [-0.39, 0.29) is 17.4 Å². The third kappa shape index (κ3) is 5.04. The Labute approximate surface area is 168 Å². The second-order valence-corrected chi connectivity index (χ2v) is 7.54. The summed E-state index contributed by atoms with van der Waals surface area (Å²) in [6, 6.07) is 16.9. The van der Waals surface area contributed by atoms with Gasteiger partial charge in [0.15, 0.2) is 5.78 Å². The third-order valence-electron chi connectivity index (χ3n) is 4.22. The zero-order chi connectivity index (χ0) is 20.1. The van der Waals surface area contributed by atoms with Crippen LogP contribution in [-0.2, 0) is 4.79 Å². The molecular weight excluding hydrogens is 370 g/mol. The van der Waals surface area contributed by atoms with Crippen molar-refractivity contribution in [1.82, 2.24) is 10.2 Å². The van der Waals surface area contributed by atoms with Crippen molar-refractivity contribution in [2.45, 2.75) is 25.8 Å². The van der Waals surface area contributed by atoms with Gasteiger partial charge in [-0.2, -0.15) is 0 Å². The molecule has 2 aromatic carbocycles. The summed E-state index contributed by atoms with van der Waals surface area (Å²) in [6.45, 7) is 5.63. The minimum atomic E-state index is -0.138. The normalized spacial score (nSPS) is 10.5. The lowest BCUT2D eigenvalue weighted by Crippen LogP contribution is -2.14. The highest BCUT2D eigenvalue weighted by molar-refractivity contribution is 7.99. The van der Waals surface area contributed by atoms with E-state index in [1.165, 1.54) is 24.2 Å². The number of rotatable bonds is 6. The van der Waals surface area contributed by atoms with Gasteiger partial charge >= 0.3 is 0 Å². The maximum Gasteiger partial charge on any atom is 0.234 e. The van der Waals surface area contributed by atoms with Gasteiger partial charge in [0.1, 0.15) is 5.03 Å². The van der Waals surface area contributed by atoms with Gasteiger partial charge in [-0.3, -0.25) is 9.59 Å². The molecule has 1 heterocycles. The molecule has 5 nitrogen and oxygen atoms in total. The molecule has 0 saturated heterocycles. The lowest BCUT2D eigenvalue weighted by Gasteiger charge is -2.07. The Kier molecular flexibility index (Phi) is 6.21. The van der Waals surface area contributed by atoms with Gasteiger partial charge in [-0.05, 0) is 62.7 Å². The highest BCUT2D eigenvalue weighted by Gasteiger charge is 2.08. The molecule has 0 radical (unpaired) electrons. The number of nitrogens with zero attached hydrogens (tertiary/aromatic N) is 2. The third-order valence-corrected chi connectivity index (χ3v) is 5.14. The molecule has 0 atom stereocenters. The lowest BCUT2D eigenvalue weighted by molar-refractivity contribution is -0.113. The first-order valence-electron chi connectivity index (χ1n) is 8.87. The fraction of sp³-hybridized carbons (Fsp3) is 0.182. The molecule has 0 bridgehead atoms. The molecule has 28 heavy (non-hydrogen) atoms. The van der Waals surface area contributed by atoms with E-state index in [1.807, 2.05) is 18.2 Å². The van der Waals surface area contributed by atoms with Crippen molar-refractivity contribution in [3.63, 3.8) is 0 Å². The highest BCUT2D eigenvalue weighted by Crippen LogP contribution is 2.23. The summed E-state index contributed by atoms with van der Waals surface area (Å²) in [5.41, 5.74) is 5.52. The molecule has 6 heteroatoms. The quantitative estimate of drug-likeness (QED) is 0.487. The first-order chi connectivity index (χ1) is 13.4. The maximum atomic E-state index is 12.1. The van der Waals surface area contributed by atoms with Crippen LogP contribution in [0.1, 0.15) is 28.4 Å². The SMILES string of the molecule is CC(=O)c1ccc(NC(=O)CSc2ccc(-c3ccc(C)cc3C)nn2)cc1. The average molecular weight is 391 g/mol. The van der Waals surface area contributed by atoms with Crippen LogP contribution in [0, 0.1) is 13.8 Å². The molecule has 0 aliphatic heterocycles. The summed E-state index contributed by atoms with van der Waals surface area (Å²) in [5, 5.41) is 12.0. The molecule has 0 fully saturated rings. The number of benzene rings is 2. The Bertz CT molecular complexity index is 999. The summed E-state index contributed by atoms with van der Waals surface area (Å²) in [7, 11) is 0. The number of ketones is 1. The van der Waals surface area contributed by atoms with Crippen molar-refractivity contribution in [3.8, 4) is 11.3 Å². The first kappa shape index (κ1) is 19.8. The Balaban J connectivity index is 1.57. The van der Waals surface area contributed by atoms with Gasteiger partial charge in [0.25, 0.3) is 0 Å². The van der Waals surface area contributed by atoms with E-state index in [4.69, 9.17) is 0 Å². The standard InChI is InChI=1S/C22H21N3O2S/c1-14-4-9-19(15(2)12-14)20-10-11-22(25-24-20)28-13-21(27)23-18-7-5-17(6-8-18)16(3)26/h4-12H,13H2,1-3H3,(H,23,27). The minimum absolute atomic E-state index is 0.00344. The second-order valence-electron chi connectivity index (χ2n) is 6.55. The number of aromatic nitrogens is 2. The summed E-state index contributed by atoms with van der Waals surface area (Å²) in [6.07, 6.45) is 0. The van der Waals surface area contributed by atoms with E-state index in [2.05, 4.69) is 41.5 Å². The zero-order valence-electron chi connectivity index (χ0n) is 16.0. The Morgan fingerprint density at radius 3 is 2.32 bits per heavy atom. The minimum Gasteiger partial charge on any atom is -0.325 e. The van der Waals surface area contributed by atoms with Gasteiger partial charge in [-0.15, -0.1) is 10.2 Å². The molecule has 0 aliphatic rings. The maximum absolute atomic E-state index is 12.1. The number of carbonyl (C=O) groups excluding carboxylic acids is 2. The van der Waals surface area contributed by atoms with E-state index in [0.717, 1.165) is 16.8 Å². The molecule has 1 amide bonds. The van der Waals surface area contributed by atoms with E-state index < -0.39 is 0 Å². The van der Waals surface area contributed by atoms with Crippen LogP contribution < -0.4 is 5.32 Å². The van der Waals surface area contributed by atoms with E-state index in [1.54, 1.807) is 24.3 Å². The molecule has 0 aliphatic carbocycles. The number of carbonyl (C=O) groups is 2. The van der Waals surface area contributed by atoms with Crippen molar-refractivity contribution in [2.75, 3.05) is 11.1 Å². The van der Waals surface area contributed by atoms with Crippen molar-refractivity contribution >= 4 is 29.1 Å². The van der Waals surface area contributed by atoms with Gasteiger partial charge < -0.3 is 5.32 Å². The number of aryl methyl sites for hydroxylation is 2. The summed E-state index contributed by atoms with van der Waals surface area (Å²) in [4.78, 5) is 23.4. The number of nitrogens with one attached hydrogen (secondary N) is 1. The molecule has 1 aromatic heterocycles. The van der Waals surface area contributed by atoms with Crippen LogP contribution in [0.25, 0.3) is 11.3 Å². The Hall–Kier alpha value is -2.99. The molecule has 3 aromatic rings. The van der Waals surface area contributed by atoms with Crippen molar-refractivity contribution < 1.29 is 9.59 Å². The Morgan fingerprint density at radius 1 is 0.964 bits per heavy atom. The molecule has 1 N–H and O–H groups in total. The van der Waals surface area contributed by atoms with Crippen LogP contribution in [0.3, 0.4) is 0 Å². The molecular formula is C22H21N3O2S. The van der Waals surface area contributed by atoms with Gasteiger partial charge in [0, 0.05) is 16.8 Å². The topological polar surface area (TPSA) is 72.0 Å². The largest absolute Gasteiger partial charge is 0.325 e. The Morgan fingerprint density at radius 2 is 1.71 bits per heavy atom. The predicted octanol–water partition coefficient (Wildman–Crippen LogP) is 4.69. The van der Waals surface area contributed by atoms with Crippen LogP contribution in [0.4, 0.5) is 5.69 Å². The molecule has 142 valence electrons. The fourth-order valence-corrected chi connectivity index (χ4v) is 3.38. The molecule has 0 unspecified atom stereocenters. The number of amides is 1. The van der Waals surface area contributed by atoms with Crippen LogP contribution >= 0.6 is 11.8 Å². The number of hydrogen-bond donors (Lipinski definition) is 1. The van der Waals surface area contributed by atoms with Crippen molar-refractivity contribution in [2.24, 2.45) is 0 Å². The van der Waals surface area contributed by atoms with Gasteiger partial charge in [0.2, 0.25) is 5.91 Å². The van der Waals surface area contributed by atoms with Crippen molar-refractivity contribution in [3.05, 3.63) is 71.3 Å². The number of hydrogen-bond acceptors (Lipinski definition) is 5. The average Bonchev–Trinajstić information content (AvgIpc) is 2.67. The lowest BCUT2D eigenvalue weighted by atomic mass is 10.0. The highest BCUT2D eigenvalue weighted by atomic mass is 32.2. The van der Waals surface area contributed by atoms with Crippen LogP contribution in [0.2, 0.25) is 0 Å². The molecule has 0 spiro atoms. The molecule has 3 rings (SSSR count). The number of anilines is 1. The van der Waals surface area contributed by atoms with Gasteiger partial charge in [-0.1, -0.05) is 35.5 Å². The van der Waals surface area contributed by atoms with E-state index in [9.17, 15) is 9.59 Å². The summed E-state index contributed by atoms with van der Waals surface area (Å²) < 4.78 is 0. The fourth-order valence-electron chi connectivity index (χ4n) is 2.77. The first-order valence-corrected chi connectivity index (χ1v) is 9.86. The smallest absolute Gasteiger partial charge is 0.234 e. The second kappa shape index (κ2) is 8.80. The van der Waals surface area contributed by atoms with Crippen LogP contribution in [0.5, 0.6) is 0 Å². The predicted molar refractivity (Wildman–Crippen MR) is 113 cm³/mol. The van der Waals surface area contributed by atoms with Gasteiger partial charge in [-0.25, -0.2) is 0 Å². The van der Waals surface area contributed by atoms with E-state index in [0.29, 0.717) is 16.3 Å². The molecule has 0 saturated carbocycles. The summed E-state index contributed by atoms with van der Waals surface area (Å²) in [5.74, 6) is 0.0867. The van der Waals surface area contributed by atoms with E-state index >= 15 is 0 Å². The van der Waals surface area contributed by atoms with Crippen LogP contribution in [-0.4, -0.2) is 27.6 Å². The van der Waals surface area contributed by atoms with Crippen LogP contribution in [0.15, 0.2) is 59.6 Å². The number of thioether (sulfide) groups is 1. The van der Waals surface area contributed by atoms with Gasteiger partial charge in [0.05, 0.1) is 11.4 Å². The number of Topliss-reactive ketones (excluding diaryl/α,β-unsaturated/α-hetero) is 1. The van der Waals surface area contributed by atoms with Crippen molar-refractivity contribution in [1.29, 1.82) is 0 Å².